The summed E-state index contributed by atoms with van der Waals surface area (Å²) in [7, 11) is 0. The van der Waals surface area contributed by atoms with Crippen LogP contribution in [0.4, 0.5) is 11.5 Å². The molecule has 0 aliphatic heterocycles. The Morgan fingerprint density at radius 3 is 2.88 bits per heavy atom. The summed E-state index contributed by atoms with van der Waals surface area (Å²) in [6.45, 7) is 4.16. The number of carbonyl (C=O) groups excluding carboxylic acids is 1. The molecule has 1 amide bonds. The molecule has 1 N–H and O–H groups in total. The van der Waals surface area contributed by atoms with E-state index in [-0.39, 0.29) is 17.3 Å². The van der Waals surface area contributed by atoms with E-state index >= 15 is 0 Å². The average Bonchev–Trinajstić information content (AvgIpc) is 2.60. The largest absolute Gasteiger partial charge is 0.487 e. The van der Waals surface area contributed by atoms with Gasteiger partial charge in [-0.15, -0.1) is 0 Å². The SMILES string of the molecule is CCCOc1ccc(/C=C/C(=O)Nc2ncccc2C)cc1[N+](=O)[O-]. The van der Waals surface area contributed by atoms with Crippen molar-refractivity contribution in [3.8, 4) is 5.75 Å². The van der Waals surface area contributed by atoms with Gasteiger partial charge in [0.05, 0.1) is 11.5 Å². The van der Waals surface area contributed by atoms with Crippen LogP contribution >= 0.6 is 0 Å². The summed E-state index contributed by atoms with van der Waals surface area (Å²) in [5.41, 5.74) is 1.25. The maximum atomic E-state index is 12.0. The molecule has 0 saturated carbocycles. The first-order valence-corrected chi connectivity index (χ1v) is 7.83. The number of ether oxygens (including phenoxy) is 1. The Kier molecular flexibility index (Phi) is 6.22. The van der Waals surface area contributed by atoms with Crippen molar-refractivity contribution in [3.05, 3.63) is 63.8 Å². The molecule has 7 heteroatoms. The number of rotatable bonds is 7. The van der Waals surface area contributed by atoms with Crippen LogP contribution in [0, 0.1) is 17.0 Å². The Morgan fingerprint density at radius 2 is 2.20 bits per heavy atom. The molecule has 0 unspecified atom stereocenters. The summed E-state index contributed by atoms with van der Waals surface area (Å²) in [4.78, 5) is 26.7. The predicted octanol–water partition coefficient (Wildman–Crippen LogP) is 3.74. The van der Waals surface area contributed by atoms with Crippen molar-refractivity contribution < 1.29 is 14.5 Å². The summed E-state index contributed by atoms with van der Waals surface area (Å²) in [5, 5.41) is 13.8. The molecule has 0 radical (unpaired) electrons. The molecule has 1 aromatic carbocycles. The van der Waals surface area contributed by atoms with Crippen LogP contribution in [0.25, 0.3) is 6.08 Å². The normalized spacial score (nSPS) is 10.6. The lowest BCUT2D eigenvalue weighted by Crippen LogP contribution is -2.10. The lowest BCUT2D eigenvalue weighted by atomic mass is 10.1. The number of aryl methyl sites for hydroxylation is 1. The van der Waals surface area contributed by atoms with Crippen molar-refractivity contribution in [2.24, 2.45) is 0 Å². The van der Waals surface area contributed by atoms with Gasteiger partial charge in [-0.05, 0) is 42.7 Å². The van der Waals surface area contributed by atoms with Crippen molar-refractivity contribution in [3.63, 3.8) is 0 Å². The van der Waals surface area contributed by atoms with E-state index < -0.39 is 4.92 Å². The number of anilines is 1. The highest BCUT2D eigenvalue weighted by molar-refractivity contribution is 6.01. The molecule has 2 aromatic rings. The first-order chi connectivity index (χ1) is 12.0. The lowest BCUT2D eigenvalue weighted by molar-refractivity contribution is -0.385. The van der Waals surface area contributed by atoms with Crippen molar-refractivity contribution >= 4 is 23.5 Å². The van der Waals surface area contributed by atoms with Crippen LogP contribution in [0.2, 0.25) is 0 Å². The van der Waals surface area contributed by atoms with E-state index in [1.807, 2.05) is 19.9 Å². The van der Waals surface area contributed by atoms with Crippen LogP contribution in [0.3, 0.4) is 0 Å². The number of nitrogens with zero attached hydrogens (tertiary/aromatic N) is 2. The number of nitrogens with one attached hydrogen (secondary N) is 1. The molecular formula is C18H19N3O4. The fourth-order valence-corrected chi connectivity index (χ4v) is 2.06. The van der Waals surface area contributed by atoms with Crippen LogP contribution in [0.1, 0.15) is 24.5 Å². The minimum absolute atomic E-state index is 0.128. The van der Waals surface area contributed by atoms with Gasteiger partial charge in [-0.25, -0.2) is 4.98 Å². The lowest BCUT2D eigenvalue weighted by Gasteiger charge is -2.06. The van der Waals surface area contributed by atoms with Crippen LogP contribution in [-0.2, 0) is 4.79 Å². The smallest absolute Gasteiger partial charge is 0.311 e. The quantitative estimate of drug-likeness (QED) is 0.470. The van der Waals surface area contributed by atoms with Gasteiger partial charge in [0.25, 0.3) is 0 Å². The molecule has 1 aromatic heterocycles. The molecule has 2 rings (SSSR count). The Balaban J connectivity index is 2.12. The van der Waals surface area contributed by atoms with Gasteiger partial charge in [0.1, 0.15) is 5.82 Å². The summed E-state index contributed by atoms with van der Waals surface area (Å²) < 4.78 is 5.37. The van der Waals surface area contributed by atoms with Crippen molar-refractivity contribution in [2.75, 3.05) is 11.9 Å². The molecule has 0 fully saturated rings. The molecule has 7 nitrogen and oxygen atoms in total. The van der Waals surface area contributed by atoms with Gasteiger partial charge in [-0.1, -0.05) is 19.1 Å². The van der Waals surface area contributed by atoms with Gasteiger partial charge < -0.3 is 10.1 Å². The average molecular weight is 341 g/mol. The van der Waals surface area contributed by atoms with Gasteiger partial charge in [-0.3, -0.25) is 14.9 Å². The standard InChI is InChI=1S/C18H19N3O4/c1-3-11-25-16-8-6-14(12-15(16)21(23)24)7-9-17(22)20-18-13(2)5-4-10-19-18/h4-10,12H,3,11H2,1-2H3,(H,19,20,22)/b9-7+. The zero-order valence-corrected chi connectivity index (χ0v) is 14.1. The molecule has 0 aliphatic rings. The Labute approximate surface area is 145 Å². The molecule has 0 atom stereocenters. The number of amides is 1. The second kappa shape index (κ2) is 8.58. The molecule has 1 heterocycles. The Bertz CT molecular complexity index is 803. The number of pyridine rings is 1. The van der Waals surface area contributed by atoms with E-state index in [0.717, 1.165) is 12.0 Å². The predicted molar refractivity (Wildman–Crippen MR) is 95.5 cm³/mol. The zero-order chi connectivity index (χ0) is 18.2. The fraction of sp³-hybridized carbons (Fsp3) is 0.222. The maximum absolute atomic E-state index is 12.0. The minimum atomic E-state index is -0.500. The van der Waals surface area contributed by atoms with Crippen molar-refractivity contribution in [2.45, 2.75) is 20.3 Å². The van der Waals surface area contributed by atoms with Gasteiger partial charge in [0.2, 0.25) is 5.91 Å². The second-order valence-electron chi connectivity index (χ2n) is 5.32. The van der Waals surface area contributed by atoms with Crippen molar-refractivity contribution in [1.29, 1.82) is 0 Å². The monoisotopic (exact) mass is 341 g/mol. The molecule has 0 bridgehead atoms. The van der Waals surface area contributed by atoms with E-state index in [0.29, 0.717) is 18.0 Å². The second-order valence-corrected chi connectivity index (χ2v) is 5.32. The first-order valence-electron chi connectivity index (χ1n) is 7.83. The third-order valence-corrected chi connectivity index (χ3v) is 3.32. The highest BCUT2D eigenvalue weighted by atomic mass is 16.6. The van der Waals surface area contributed by atoms with E-state index in [1.54, 1.807) is 18.3 Å². The molecule has 130 valence electrons. The maximum Gasteiger partial charge on any atom is 0.311 e. The summed E-state index contributed by atoms with van der Waals surface area (Å²) >= 11 is 0. The number of nitro benzene ring substituents is 1. The van der Waals surface area contributed by atoms with Gasteiger partial charge in [0, 0.05) is 18.3 Å². The molecule has 25 heavy (non-hydrogen) atoms. The Morgan fingerprint density at radius 1 is 1.40 bits per heavy atom. The van der Waals surface area contributed by atoms with Crippen LogP contribution in [0.5, 0.6) is 5.75 Å². The van der Waals surface area contributed by atoms with Crippen LogP contribution < -0.4 is 10.1 Å². The number of hydrogen-bond acceptors (Lipinski definition) is 5. The third-order valence-electron chi connectivity index (χ3n) is 3.32. The van der Waals surface area contributed by atoms with E-state index in [4.69, 9.17) is 4.74 Å². The highest BCUT2D eigenvalue weighted by Gasteiger charge is 2.15. The van der Waals surface area contributed by atoms with Crippen LogP contribution in [-0.4, -0.2) is 22.4 Å². The fourth-order valence-electron chi connectivity index (χ4n) is 2.06. The first kappa shape index (κ1) is 18.1. The number of aromatic nitrogens is 1. The molecule has 0 saturated heterocycles. The number of benzene rings is 1. The minimum Gasteiger partial charge on any atom is -0.487 e. The molecule has 0 spiro atoms. The third kappa shape index (κ3) is 5.13. The molecule has 0 aliphatic carbocycles. The topological polar surface area (TPSA) is 94.4 Å². The van der Waals surface area contributed by atoms with Gasteiger partial charge >= 0.3 is 5.69 Å². The van der Waals surface area contributed by atoms with Crippen LogP contribution in [0.15, 0.2) is 42.6 Å². The summed E-state index contributed by atoms with van der Waals surface area (Å²) in [6.07, 6.45) is 5.15. The molecular weight excluding hydrogens is 322 g/mol. The number of nitro groups is 1. The van der Waals surface area contributed by atoms with E-state index in [1.165, 1.54) is 24.3 Å². The summed E-state index contributed by atoms with van der Waals surface area (Å²) in [5.74, 6) is 0.333. The van der Waals surface area contributed by atoms with E-state index in [9.17, 15) is 14.9 Å². The Hall–Kier alpha value is -3.22. The number of carbonyl (C=O) groups is 1. The highest BCUT2D eigenvalue weighted by Crippen LogP contribution is 2.28. The van der Waals surface area contributed by atoms with Gasteiger partial charge in [0.15, 0.2) is 5.75 Å². The zero-order valence-electron chi connectivity index (χ0n) is 14.1. The van der Waals surface area contributed by atoms with Gasteiger partial charge in [-0.2, -0.15) is 0 Å². The van der Waals surface area contributed by atoms with Crippen molar-refractivity contribution in [1.82, 2.24) is 4.98 Å². The summed E-state index contributed by atoms with van der Waals surface area (Å²) in [6, 6.07) is 8.19. The number of hydrogen-bond donors (Lipinski definition) is 1. The van der Waals surface area contributed by atoms with E-state index in [2.05, 4.69) is 10.3 Å².